The Balaban J connectivity index is 2.14. The molecular weight excluding hydrogens is 332 g/mol. The summed E-state index contributed by atoms with van der Waals surface area (Å²) in [7, 11) is 0. The molecular formula is C15H10N4O6. The Hall–Kier alpha value is -3.82. The summed E-state index contributed by atoms with van der Waals surface area (Å²) in [5.41, 5.74) is -3.19. The van der Waals surface area contributed by atoms with Crippen molar-refractivity contribution in [3.05, 3.63) is 82.6 Å². The molecule has 4 rings (SSSR count). The average molecular weight is 342 g/mol. The van der Waals surface area contributed by atoms with E-state index in [4.69, 9.17) is 4.74 Å². The van der Waals surface area contributed by atoms with Crippen LogP contribution in [0.3, 0.4) is 0 Å². The van der Waals surface area contributed by atoms with Crippen molar-refractivity contribution in [2.45, 2.75) is 5.92 Å². The van der Waals surface area contributed by atoms with Crippen molar-refractivity contribution in [2.75, 3.05) is 0 Å². The minimum absolute atomic E-state index is 0.0638. The van der Waals surface area contributed by atoms with Gasteiger partial charge in [0.15, 0.2) is 0 Å². The van der Waals surface area contributed by atoms with E-state index in [1.54, 1.807) is 24.3 Å². The van der Waals surface area contributed by atoms with Crippen molar-refractivity contribution in [1.29, 1.82) is 0 Å². The summed E-state index contributed by atoms with van der Waals surface area (Å²) in [5.74, 6) is -1.57. The van der Waals surface area contributed by atoms with Crippen molar-refractivity contribution in [3.63, 3.8) is 0 Å². The van der Waals surface area contributed by atoms with Gasteiger partial charge in [0.1, 0.15) is 5.75 Å². The lowest BCUT2D eigenvalue weighted by Gasteiger charge is -2.26. The van der Waals surface area contributed by atoms with Crippen LogP contribution in [0.25, 0.3) is 0 Å². The molecule has 5 N–H and O–H groups in total. The number of aromatic nitrogens is 4. The van der Waals surface area contributed by atoms with Crippen LogP contribution >= 0.6 is 0 Å². The van der Waals surface area contributed by atoms with Gasteiger partial charge in [-0.25, -0.2) is 9.59 Å². The Bertz CT molecular complexity index is 1210. The maximum atomic E-state index is 12.3. The lowest BCUT2D eigenvalue weighted by atomic mass is 9.85. The second-order valence-electron chi connectivity index (χ2n) is 5.39. The molecule has 10 nitrogen and oxygen atoms in total. The summed E-state index contributed by atoms with van der Waals surface area (Å²) in [5, 5.41) is 10.1. The highest BCUT2D eigenvalue weighted by atomic mass is 16.5. The molecule has 3 aromatic rings. The molecule has 1 unspecified atom stereocenters. The number of H-pyrrole nitrogens is 4. The van der Waals surface area contributed by atoms with Crippen molar-refractivity contribution >= 4 is 0 Å². The summed E-state index contributed by atoms with van der Waals surface area (Å²) >= 11 is 0. The summed E-state index contributed by atoms with van der Waals surface area (Å²) in [6.45, 7) is 0. The van der Waals surface area contributed by atoms with Gasteiger partial charge < -0.3 is 9.84 Å². The first-order valence-electron chi connectivity index (χ1n) is 7.14. The van der Waals surface area contributed by atoms with Crippen LogP contribution in [-0.4, -0.2) is 25.0 Å². The number of aromatic amines is 4. The molecule has 1 atom stereocenters. The Morgan fingerprint density at radius 1 is 0.840 bits per heavy atom. The third kappa shape index (κ3) is 2.19. The van der Waals surface area contributed by atoms with E-state index in [-0.39, 0.29) is 17.0 Å². The number of nitrogens with one attached hydrogen (secondary N) is 4. The summed E-state index contributed by atoms with van der Waals surface area (Å²) in [6, 6.07) is 6.53. The van der Waals surface area contributed by atoms with E-state index in [1.807, 2.05) is 4.98 Å². The fraction of sp³-hybridized carbons (Fsp3) is 0.0667. The van der Waals surface area contributed by atoms with E-state index >= 15 is 0 Å². The van der Waals surface area contributed by atoms with Crippen LogP contribution in [0.4, 0.5) is 0 Å². The number of rotatable bonds is 1. The molecule has 0 spiro atoms. The van der Waals surface area contributed by atoms with E-state index in [0.29, 0.717) is 11.3 Å². The fourth-order valence-corrected chi connectivity index (χ4v) is 2.95. The smallest absolute Gasteiger partial charge is 0.328 e. The van der Waals surface area contributed by atoms with Gasteiger partial charge in [-0.2, -0.15) is 0 Å². The highest BCUT2D eigenvalue weighted by molar-refractivity contribution is 5.56. The molecule has 0 saturated heterocycles. The standard InChI is InChI=1S/C15H10N4O6/c20-10-8(11(21)17-14(23)16-10)7-5-3-1-2-4-6(5)25-13-9(7)12(22)18-15(24)19-13/h1-4,7H,(H2,18,19,22,24)(H3,16,17,20,21,23). The number of ether oxygens (including phenoxy) is 1. The minimum atomic E-state index is -1.05. The van der Waals surface area contributed by atoms with E-state index in [2.05, 4.69) is 15.0 Å². The Kier molecular flexibility index (Phi) is 3.01. The van der Waals surface area contributed by atoms with Crippen molar-refractivity contribution in [2.24, 2.45) is 0 Å². The molecule has 0 bridgehead atoms. The zero-order valence-corrected chi connectivity index (χ0v) is 12.4. The lowest BCUT2D eigenvalue weighted by molar-refractivity contribution is 0.416. The Morgan fingerprint density at radius 3 is 2.20 bits per heavy atom. The van der Waals surface area contributed by atoms with Crippen LogP contribution in [0.15, 0.2) is 43.4 Å². The zero-order valence-electron chi connectivity index (χ0n) is 12.4. The molecule has 2 aromatic heterocycles. The number of fused-ring (bicyclic) bond motifs is 2. The second-order valence-corrected chi connectivity index (χ2v) is 5.39. The molecule has 10 heteroatoms. The monoisotopic (exact) mass is 342 g/mol. The van der Waals surface area contributed by atoms with Gasteiger partial charge in [-0.05, 0) is 6.07 Å². The number of aromatic hydroxyl groups is 1. The highest BCUT2D eigenvalue weighted by Gasteiger charge is 2.35. The highest BCUT2D eigenvalue weighted by Crippen LogP contribution is 2.44. The van der Waals surface area contributed by atoms with E-state index in [0.717, 1.165) is 0 Å². The van der Waals surface area contributed by atoms with Crippen molar-refractivity contribution < 1.29 is 9.84 Å². The molecule has 0 saturated carbocycles. The molecule has 25 heavy (non-hydrogen) atoms. The van der Waals surface area contributed by atoms with Gasteiger partial charge in [0.2, 0.25) is 11.8 Å². The lowest BCUT2D eigenvalue weighted by Crippen LogP contribution is -2.34. The first-order chi connectivity index (χ1) is 12.0. The van der Waals surface area contributed by atoms with Crippen LogP contribution in [-0.2, 0) is 0 Å². The van der Waals surface area contributed by atoms with E-state index in [1.165, 1.54) is 0 Å². The molecule has 1 aliphatic heterocycles. The molecule has 0 aliphatic carbocycles. The fourth-order valence-electron chi connectivity index (χ4n) is 2.95. The topological polar surface area (TPSA) is 161 Å². The summed E-state index contributed by atoms with van der Waals surface area (Å²) < 4.78 is 5.55. The quantitative estimate of drug-likeness (QED) is 0.311. The first kappa shape index (κ1) is 14.8. The van der Waals surface area contributed by atoms with E-state index < -0.39 is 34.3 Å². The number of para-hydroxylation sites is 1. The minimum Gasteiger partial charge on any atom is -0.494 e. The number of hydrogen-bond donors (Lipinski definition) is 5. The molecule has 126 valence electrons. The summed E-state index contributed by atoms with van der Waals surface area (Å²) in [6.07, 6.45) is 0. The Morgan fingerprint density at radius 2 is 1.48 bits per heavy atom. The van der Waals surface area contributed by atoms with Gasteiger partial charge in [-0.1, -0.05) is 18.2 Å². The molecule has 0 amide bonds. The average Bonchev–Trinajstić information content (AvgIpc) is 2.52. The molecule has 3 heterocycles. The first-order valence-corrected chi connectivity index (χ1v) is 7.14. The van der Waals surface area contributed by atoms with Gasteiger partial charge in [0, 0.05) is 5.56 Å². The number of benzene rings is 1. The SMILES string of the molecule is O=c1[nH]c(O)c(C2c3ccccc3Oc3[nH]c(=O)[nH]c(=O)c32)c(=O)[nH]1. The van der Waals surface area contributed by atoms with Crippen LogP contribution in [0.5, 0.6) is 17.5 Å². The van der Waals surface area contributed by atoms with Crippen molar-refractivity contribution in [3.8, 4) is 17.5 Å². The van der Waals surface area contributed by atoms with Gasteiger partial charge in [-0.3, -0.25) is 29.5 Å². The van der Waals surface area contributed by atoms with Crippen LogP contribution in [0, 0.1) is 0 Å². The summed E-state index contributed by atoms with van der Waals surface area (Å²) in [4.78, 5) is 56.1. The second kappa shape index (κ2) is 5.09. The van der Waals surface area contributed by atoms with Crippen molar-refractivity contribution in [1.82, 2.24) is 19.9 Å². The normalized spacial score (nSPS) is 15.1. The van der Waals surface area contributed by atoms with Gasteiger partial charge in [0.05, 0.1) is 17.0 Å². The predicted molar refractivity (Wildman–Crippen MR) is 84.5 cm³/mol. The zero-order chi connectivity index (χ0) is 17.7. The van der Waals surface area contributed by atoms with Crippen LogP contribution in [0.1, 0.15) is 22.6 Å². The van der Waals surface area contributed by atoms with Gasteiger partial charge >= 0.3 is 11.4 Å². The molecule has 1 aromatic carbocycles. The largest absolute Gasteiger partial charge is 0.494 e. The van der Waals surface area contributed by atoms with Crippen LogP contribution < -0.4 is 27.2 Å². The third-order valence-corrected chi connectivity index (χ3v) is 3.92. The maximum Gasteiger partial charge on any atom is 0.328 e. The molecule has 0 fully saturated rings. The maximum absolute atomic E-state index is 12.3. The van der Waals surface area contributed by atoms with Gasteiger partial charge in [-0.15, -0.1) is 0 Å². The Labute approximate surface area is 136 Å². The van der Waals surface area contributed by atoms with E-state index in [9.17, 15) is 24.3 Å². The molecule has 1 aliphatic rings. The predicted octanol–water partition coefficient (Wildman–Crippen LogP) is -0.569. The molecule has 0 radical (unpaired) electrons. The van der Waals surface area contributed by atoms with Gasteiger partial charge in [0.25, 0.3) is 11.1 Å². The third-order valence-electron chi connectivity index (χ3n) is 3.92. The number of hydrogen-bond acceptors (Lipinski definition) is 6. The van der Waals surface area contributed by atoms with Crippen LogP contribution in [0.2, 0.25) is 0 Å².